The smallest absolute Gasteiger partial charge is 0.339 e. The Balaban J connectivity index is 2.34. The number of rotatable bonds is 6. The molecule has 1 aliphatic rings. The lowest BCUT2D eigenvalue weighted by Gasteiger charge is -2.31. The number of carboxylic acids is 1. The van der Waals surface area contributed by atoms with Crippen LogP contribution in [-0.2, 0) is 14.9 Å². The summed E-state index contributed by atoms with van der Waals surface area (Å²) in [7, 11) is -2.31. The fraction of sp³-hybridized carbons (Fsp3) is 0.417. The molecule has 1 aromatic rings. The molecule has 2 N–H and O–H groups in total. The number of ether oxygens (including phenoxy) is 2. The summed E-state index contributed by atoms with van der Waals surface area (Å²) in [5.74, 6) is -1.10. The molecule has 21 heavy (non-hydrogen) atoms. The number of nitrogens with one attached hydrogen (secondary N) is 1. The van der Waals surface area contributed by atoms with E-state index in [2.05, 4.69) is 4.72 Å². The molecule has 1 heterocycles. The number of carboxylic acid groups (broad SMARTS) is 1. The summed E-state index contributed by atoms with van der Waals surface area (Å²) < 4.78 is 38.1. The Morgan fingerprint density at radius 1 is 1.52 bits per heavy atom. The van der Waals surface area contributed by atoms with E-state index in [-0.39, 0.29) is 43.3 Å². The Morgan fingerprint density at radius 2 is 2.29 bits per heavy atom. The van der Waals surface area contributed by atoms with Crippen molar-refractivity contribution in [1.29, 1.82) is 0 Å². The van der Waals surface area contributed by atoms with Gasteiger partial charge < -0.3 is 14.6 Å². The predicted molar refractivity (Wildman–Crippen MR) is 75.0 cm³/mol. The molecule has 0 saturated heterocycles. The zero-order chi connectivity index (χ0) is 15.5. The highest BCUT2D eigenvalue weighted by molar-refractivity contribution is 7.90. The van der Waals surface area contributed by atoms with Crippen molar-refractivity contribution in [3.63, 3.8) is 0 Å². The van der Waals surface area contributed by atoms with Gasteiger partial charge in [-0.3, -0.25) is 4.31 Å². The van der Waals surface area contributed by atoms with Gasteiger partial charge in [0.05, 0.1) is 18.8 Å². The summed E-state index contributed by atoms with van der Waals surface area (Å²) >= 11 is 0. The van der Waals surface area contributed by atoms with E-state index in [4.69, 9.17) is 14.6 Å². The number of nitrogens with zero attached hydrogens (tertiary/aromatic N) is 1. The summed E-state index contributed by atoms with van der Waals surface area (Å²) in [6.07, 6.45) is 0. The highest BCUT2D eigenvalue weighted by Crippen LogP contribution is 2.36. The Morgan fingerprint density at radius 3 is 2.95 bits per heavy atom. The average molecular weight is 316 g/mol. The minimum absolute atomic E-state index is 0.0633. The Labute approximate surface area is 122 Å². The standard InChI is InChI=1S/C12H16N2O6S/c1-19-7-5-13-21(17,18)14-6-8-20-11-9(12(15)16)3-2-4-10(11)14/h2-4,13H,5-8H2,1H3,(H,15,16). The predicted octanol–water partition coefficient (Wildman–Crippen LogP) is 0.0644. The van der Waals surface area contributed by atoms with Crippen LogP contribution in [0.4, 0.5) is 5.69 Å². The molecule has 1 aliphatic heterocycles. The molecule has 9 heteroatoms. The molecule has 0 saturated carbocycles. The second-order valence-electron chi connectivity index (χ2n) is 4.27. The first-order valence-corrected chi connectivity index (χ1v) is 7.66. The third kappa shape index (κ3) is 3.26. The lowest BCUT2D eigenvalue weighted by molar-refractivity contribution is 0.0692. The highest BCUT2D eigenvalue weighted by atomic mass is 32.2. The van der Waals surface area contributed by atoms with Crippen LogP contribution in [0, 0.1) is 0 Å². The minimum Gasteiger partial charge on any atom is -0.489 e. The van der Waals surface area contributed by atoms with Crippen molar-refractivity contribution in [3.05, 3.63) is 23.8 Å². The van der Waals surface area contributed by atoms with Crippen molar-refractivity contribution >= 4 is 21.9 Å². The van der Waals surface area contributed by atoms with Crippen LogP contribution in [0.25, 0.3) is 0 Å². The molecule has 0 atom stereocenters. The van der Waals surface area contributed by atoms with Crippen molar-refractivity contribution in [1.82, 2.24) is 4.72 Å². The zero-order valence-corrected chi connectivity index (χ0v) is 12.2. The number of para-hydroxylation sites is 1. The summed E-state index contributed by atoms with van der Waals surface area (Å²) in [5, 5.41) is 9.12. The van der Waals surface area contributed by atoms with Crippen molar-refractivity contribution in [2.75, 3.05) is 37.7 Å². The Hall–Kier alpha value is -1.84. The zero-order valence-electron chi connectivity index (χ0n) is 11.4. The maximum absolute atomic E-state index is 12.3. The van der Waals surface area contributed by atoms with Gasteiger partial charge in [-0.05, 0) is 12.1 Å². The minimum atomic E-state index is -3.78. The van der Waals surface area contributed by atoms with E-state index in [1.807, 2.05) is 0 Å². The molecular formula is C12H16N2O6S. The number of hydrogen-bond acceptors (Lipinski definition) is 5. The van der Waals surface area contributed by atoms with E-state index >= 15 is 0 Å². The molecule has 0 spiro atoms. The maximum atomic E-state index is 12.3. The van der Waals surface area contributed by atoms with Gasteiger partial charge in [0, 0.05) is 13.7 Å². The molecule has 0 aromatic heterocycles. The van der Waals surface area contributed by atoms with E-state index in [0.29, 0.717) is 0 Å². The largest absolute Gasteiger partial charge is 0.489 e. The molecule has 0 amide bonds. The lowest BCUT2D eigenvalue weighted by atomic mass is 10.1. The number of benzene rings is 1. The lowest BCUT2D eigenvalue weighted by Crippen LogP contribution is -2.46. The number of fused-ring (bicyclic) bond motifs is 1. The van der Waals surface area contributed by atoms with E-state index in [1.54, 1.807) is 0 Å². The number of methoxy groups -OCH3 is 1. The van der Waals surface area contributed by atoms with Crippen LogP contribution in [0.5, 0.6) is 5.75 Å². The quantitative estimate of drug-likeness (QED) is 0.719. The van der Waals surface area contributed by atoms with E-state index < -0.39 is 16.2 Å². The van der Waals surface area contributed by atoms with Gasteiger partial charge in [0.15, 0.2) is 5.75 Å². The number of hydrogen-bond donors (Lipinski definition) is 2. The van der Waals surface area contributed by atoms with Crippen LogP contribution in [0.15, 0.2) is 18.2 Å². The second-order valence-corrected chi connectivity index (χ2v) is 5.95. The Bertz CT molecular complexity index is 631. The van der Waals surface area contributed by atoms with Gasteiger partial charge in [-0.1, -0.05) is 6.07 Å². The van der Waals surface area contributed by atoms with Crippen LogP contribution in [0.2, 0.25) is 0 Å². The molecule has 116 valence electrons. The molecule has 0 aliphatic carbocycles. The molecule has 0 bridgehead atoms. The van der Waals surface area contributed by atoms with Gasteiger partial charge in [0.25, 0.3) is 0 Å². The normalized spacial score (nSPS) is 14.4. The van der Waals surface area contributed by atoms with Crippen LogP contribution in [0.3, 0.4) is 0 Å². The summed E-state index contributed by atoms with van der Waals surface area (Å²) in [6, 6.07) is 4.36. The first-order valence-electron chi connectivity index (χ1n) is 6.22. The summed E-state index contributed by atoms with van der Waals surface area (Å²) in [6.45, 7) is 0.566. The van der Waals surface area contributed by atoms with E-state index in [1.165, 1.54) is 25.3 Å². The van der Waals surface area contributed by atoms with Crippen LogP contribution in [-0.4, -0.2) is 52.9 Å². The van der Waals surface area contributed by atoms with Gasteiger partial charge in [0.2, 0.25) is 0 Å². The van der Waals surface area contributed by atoms with Crippen LogP contribution >= 0.6 is 0 Å². The van der Waals surface area contributed by atoms with Crippen LogP contribution in [0.1, 0.15) is 10.4 Å². The van der Waals surface area contributed by atoms with Crippen molar-refractivity contribution < 1.29 is 27.8 Å². The molecule has 0 unspecified atom stereocenters. The summed E-state index contributed by atoms with van der Waals surface area (Å²) in [4.78, 5) is 11.2. The van der Waals surface area contributed by atoms with E-state index in [9.17, 15) is 13.2 Å². The van der Waals surface area contributed by atoms with Crippen molar-refractivity contribution in [2.45, 2.75) is 0 Å². The monoisotopic (exact) mass is 316 g/mol. The SMILES string of the molecule is COCCNS(=O)(=O)N1CCOc2c(C(=O)O)cccc21. The van der Waals surface area contributed by atoms with Gasteiger partial charge >= 0.3 is 16.2 Å². The number of aromatic carboxylic acids is 1. The van der Waals surface area contributed by atoms with Gasteiger partial charge in [-0.15, -0.1) is 0 Å². The molecule has 8 nitrogen and oxygen atoms in total. The number of anilines is 1. The molecule has 1 aromatic carbocycles. The van der Waals surface area contributed by atoms with Crippen LogP contribution < -0.4 is 13.8 Å². The van der Waals surface area contributed by atoms with Gasteiger partial charge in [-0.25, -0.2) is 4.79 Å². The first-order chi connectivity index (χ1) is 9.97. The Kier molecular flexibility index (Phi) is 4.66. The molecule has 0 radical (unpaired) electrons. The fourth-order valence-corrected chi connectivity index (χ4v) is 3.21. The molecular weight excluding hydrogens is 300 g/mol. The summed E-state index contributed by atoms with van der Waals surface area (Å²) in [5.41, 5.74) is 0.148. The van der Waals surface area contributed by atoms with Crippen molar-refractivity contribution in [2.24, 2.45) is 0 Å². The van der Waals surface area contributed by atoms with Gasteiger partial charge in [-0.2, -0.15) is 13.1 Å². The topological polar surface area (TPSA) is 105 Å². The molecule has 0 fully saturated rings. The highest BCUT2D eigenvalue weighted by Gasteiger charge is 2.30. The second kappa shape index (κ2) is 6.29. The number of carbonyl (C=O) groups is 1. The molecule has 2 rings (SSSR count). The third-order valence-electron chi connectivity index (χ3n) is 2.91. The maximum Gasteiger partial charge on any atom is 0.339 e. The first kappa shape index (κ1) is 15.5. The van der Waals surface area contributed by atoms with Gasteiger partial charge in [0.1, 0.15) is 12.2 Å². The van der Waals surface area contributed by atoms with E-state index in [0.717, 1.165) is 4.31 Å². The average Bonchev–Trinajstić information content (AvgIpc) is 2.46. The fourth-order valence-electron chi connectivity index (χ4n) is 1.99. The van der Waals surface area contributed by atoms with Crippen molar-refractivity contribution in [3.8, 4) is 5.75 Å². The third-order valence-corrected chi connectivity index (χ3v) is 4.44.